The van der Waals surface area contributed by atoms with Crippen molar-refractivity contribution in [3.63, 3.8) is 0 Å². The Morgan fingerprint density at radius 3 is 2.39 bits per heavy atom. The number of nitrogens with zero attached hydrogens (tertiary/aromatic N) is 2. The molecule has 2 aromatic carbocycles. The molecule has 190 valence electrons. The maximum Gasteiger partial charge on any atom is 0.410 e. The highest BCUT2D eigenvalue weighted by atomic mass is 32.1. The van der Waals surface area contributed by atoms with Crippen LogP contribution in [0.4, 0.5) is 24.7 Å². The number of amides is 1. The number of hydrogen-bond donors (Lipinski definition) is 4. The Kier molecular flexibility index (Phi) is 7.21. The average Bonchev–Trinajstić information content (AvgIpc) is 3.27. The number of fused-ring (bicyclic) bond motifs is 1. The second-order valence-corrected chi connectivity index (χ2v) is 9.48. The molecule has 0 spiro atoms. The van der Waals surface area contributed by atoms with E-state index >= 15 is 0 Å². The van der Waals surface area contributed by atoms with Crippen LogP contribution in [0.1, 0.15) is 65.4 Å². The normalized spacial score (nSPS) is 17.2. The number of aromatic nitrogens is 2. The molecule has 1 aliphatic heterocycles. The van der Waals surface area contributed by atoms with Gasteiger partial charge in [0.25, 0.3) is 5.91 Å². The van der Waals surface area contributed by atoms with E-state index in [1.54, 1.807) is 0 Å². The van der Waals surface area contributed by atoms with E-state index in [2.05, 4.69) is 40.4 Å². The Bertz CT molecular complexity index is 1240. The standard InChI is InChI=1S/C25H27F3N6OS/c1-14(2)16-6-8-17(9-7-16)19-12-21(25(26,27)28)34-22(30-19)13-20(33-34)23(35)31-32-24(36)29-18-10-4-15(3)5-11-18/h4-11,13-14,19,21,30H,12H2,1-3H3,(H,31,35)(H2,29,32,36)/t19-,21+/m1/s1. The van der Waals surface area contributed by atoms with Gasteiger partial charge in [-0.2, -0.15) is 18.3 Å². The van der Waals surface area contributed by atoms with Crippen LogP contribution >= 0.6 is 12.2 Å². The average molecular weight is 517 g/mol. The highest BCUT2D eigenvalue weighted by Gasteiger charge is 2.46. The van der Waals surface area contributed by atoms with Crippen molar-refractivity contribution in [1.82, 2.24) is 20.6 Å². The van der Waals surface area contributed by atoms with E-state index in [-0.39, 0.29) is 23.0 Å². The van der Waals surface area contributed by atoms with E-state index in [0.29, 0.717) is 5.92 Å². The fourth-order valence-electron chi connectivity index (χ4n) is 3.99. The van der Waals surface area contributed by atoms with Gasteiger partial charge in [0.05, 0.1) is 6.04 Å². The lowest BCUT2D eigenvalue weighted by Crippen LogP contribution is -2.44. The molecule has 11 heteroatoms. The summed E-state index contributed by atoms with van der Waals surface area (Å²) in [4.78, 5) is 12.6. The number of hydrogen-bond acceptors (Lipinski definition) is 4. The molecule has 2 heterocycles. The van der Waals surface area contributed by atoms with Crippen molar-refractivity contribution < 1.29 is 18.0 Å². The molecule has 2 atom stereocenters. The topological polar surface area (TPSA) is 83.0 Å². The first-order chi connectivity index (χ1) is 17.0. The molecule has 0 fully saturated rings. The number of aryl methyl sites for hydroxylation is 1. The number of nitrogens with one attached hydrogen (secondary N) is 4. The van der Waals surface area contributed by atoms with E-state index in [4.69, 9.17) is 12.2 Å². The Morgan fingerprint density at radius 2 is 1.78 bits per heavy atom. The summed E-state index contributed by atoms with van der Waals surface area (Å²) in [5.74, 6) is -0.282. The van der Waals surface area contributed by atoms with Crippen molar-refractivity contribution in [1.29, 1.82) is 0 Å². The molecule has 0 radical (unpaired) electrons. The lowest BCUT2D eigenvalue weighted by atomic mass is 9.94. The van der Waals surface area contributed by atoms with Gasteiger partial charge in [0.1, 0.15) is 5.82 Å². The zero-order valence-corrected chi connectivity index (χ0v) is 20.8. The van der Waals surface area contributed by atoms with E-state index in [1.807, 2.05) is 55.5 Å². The third-order valence-electron chi connectivity index (χ3n) is 6.03. The molecule has 7 nitrogen and oxygen atoms in total. The molecule has 4 N–H and O–H groups in total. The molecular formula is C25H27F3N6OS. The molecule has 3 aromatic rings. The Morgan fingerprint density at radius 1 is 1.11 bits per heavy atom. The lowest BCUT2D eigenvalue weighted by molar-refractivity contribution is -0.173. The molecule has 4 rings (SSSR count). The van der Waals surface area contributed by atoms with Gasteiger partial charge in [0.15, 0.2) is 16.8 Å². The predicted molar refractivity (Wildman–Crippen MR) is 137 cm³/mol. The Hall–Kier alpha value is -3.60. The summed E-state index contributed by atoms with van der Waals surface area (Å²) in [6, 6.07) is 13.8. The van der Waals surface area contributed by atoms with Gasteiger partial charge in [0.2, 0.25) is 0 Å². The monoisotopic (exact) mass is 516 g/mol. The maximum absolute atomic E-state index is 13.9. The maximum atomic E-state index is 13.9. The summed E-state index contributed by atoms with van der Waals surface area (Å²) in [6.07, 6.45) is -4.78. The van der Waals surface area contributed by atoms with Gasteiger partial charge in [-0.1, -0.05) is 55.8 Å². The third kappa shape index (κ3) is 5.78. The van der Waals surface area contributed by atoms with Gasteiger partial charge in [-0.25, -0.2) is 4.68 Å². The number of anilines is 2. The fraction of sp³-hybridized carbons (Fsp3) is 0.320. The van der Waals surface area contributed by atoms with Crippen LogP contribution in [0.3, 0.4) is 0 Å². The first-order valence-corrected chi connectivity index (χ1v) is 11.9. The van der Waals surface area contributed by atoms with Gasteiger partial charge in [-0.05, 0) is 48.3 Å². The van der Waals surface area contributed by atoms with Crippen molar-refractivity contribution in [2.45, 2.75) is 51.4 Å². The van der Waals surface area contributed by atoms with Crippen molar-refractivity contribution in [3.8, 4) is 0 Å². The van der Waals surface area contributed by atoms with Gasteiger partial charge < -0.3 is 10.6 Å². The fourth-order valence-corrected chi connectivity index (χ4v) is 4.16. The minimum atomic E-state index is -4.54. The number of thiocarbonyl (C=S) groups is 1. The molecule has 0 saturated heterocycles. The molecule has 1 aromatic heterocycles. The summed E-state index contributed by atoms with van der Waals surface area (Å²) in [6.45, 7) is 6.06. The number of benzene rings is 2. The van der Waals surface area contributed by atoms with Crippen LogP contribution in [-0.2, 0) is 0 Å². The van der Waals surface area contributed by atoms with Crippen LogP contribution < -0.4 is 21.5 Å². The Balaban J connectivity index is 1.47. The van der Waals surface area contributed by atoms with Crippen molar-refractivity contribution in [2.24, 2.45) is 0 Å². The summed E-state index contributed by atoms with van der Waals surface area (Å²) in [5, 5.41) is 10.1. The van der Waals surface area contributed by atoms with Crippen LogP contribution in [0.15, 0.2) is 54.6 Å². The molecule has 36 heavy (non-hydrogen) atoms. The second kappa shape index (κ2) is 10.2. The van der Waals surface area contributed by atoms with Crippen LogP contribution in [0.2, 0.25) is 0 Å². The first kappa shape index (κ1) is 25.5. The zero-order chi connectivity index (χ0) is 26.0. The van der Waals surface area contributed by atoms with Gasteiger partial charge in [-0.15, -0.1) is 0 Å². The van der Waals surface area contributed by atoms with Crippen LogP contribution in [0, 0.1) is 6.92 Å². The molecular weight excluding hydrogens is 489 g/mol. The number of carbonyl (C=O) groups is 1. The van der Waals surface area contributed by atoms with Crippen molar-refractivity contribution >= 4 is 34.7 Å². The highest BCUT2D eigenvalue weighted by molar-refractivity contribution is 7.80. The van der Waals surface area contributed by atoms with Crippen LogP contribution in [0.5, 0.6) is 0 Å². The minimum absolute atomic E-state index is 0.118. The van der Waals surface area contributed by atoms with Gasteiger partial charge >= 0.3 is 6.18 Å². The second-order valence-electron chi connectivity index (χ2n) is 9.07. The SMILES string of the molecule is Cc1ccc(NC(=S)NNC(=O)c2cc3n(n2)[C@H](C(F)(F)F)C[C@H](c2ccc(C(C)C)cc2)N3)cc1. The van der Waals surface area contributed by atoms with Crippen LogP contribution in [-0.4, -0.2) is 27.0 Å². The summed E-state index contributed by atoms with van der Waals surface area (Å²) < 4.78 is 42.7. The third-order valence-corrected chi connectivity index (χ3v) is 6.23. The Labute approximate surface area is 212 Å². The van der Waals surface area contributed by atoms with Crippen LogP contribution in [0.25, 0.3) is 0 Å². The number of alkyl halides is 3. The molecule has 0 bridgehead atoms. The highest BCUT2D eigenvalue weighted by Crippen LogP contribution is 2.43. The summed E-state index contributed by atoms with van der Waals surface area (Å²) >= 11 is 5.16. The zero-order valence-electron chi connectivity index (χ0n) is 20.0. The molecule has 1 amide bonds. The van der Waals surface area contributed by atoms with E-state index in [9.17, 15) is 18.0 Å². The quantitative estimate of drug-likeness (QED) is 0.267. The van der Waals surface area contributed by atoms with E-state index in [1.165, 1.54) is 6.07 Å². The largest absolute Gasteiger partial charge is 0.410 e. The molecule has 0 saturated carbocycles. The molecule has 1 aliphatic rings. The van der Waals surface area contributed by atoms with Gasteiger partial charge in [-0.3, -0.25) is 15.6 Å². The molecule has 0 unspecified atom stereocenters. The smallest absolute Gasteiger partial charge is 0.363 e. The first-order valence-electron chi connectivity index (χ1n) is 11.5. The minimum Gasteiger partial charge on any atom is -0.363 e. The summed E-state index contributed by atoms with van der Waals surface area (Å²) in [7, 11) is 0. The van der Waals surface area contributed by atoms with Crippen molar-refractivity contribution in [3.05, 3.63) is 77.0 Å². The van der Waals surface area contributed by atoms with E-state index < -0.39 is 24.2 Å². The predicted octanol–water partition coefficient (Wildman–Crippen LogP) is 5.61. The number of rotatable bonds is 4. The molecule has 0 aliphatic carbocycles. The van der Waals surface area contributed by atoms with Crippen molar-refractivity contribution in [2.75, 3.05) is 10.6 Å². The van der Waals surface area contributed by atoms with Gasteiger partial charge in [0, 0.05) is 18.2 Å². The lowest BCUT2D eigenvalue weighted by Gasteiger charge is -2.33. The summed E-state index contributed by atoms with van der Waals surface area (Å²) in [5.41, 5.74) is 8.39. The number of carbonyl (C=O) groups excluding carboxylic acids is 1. The number of hydrazine groups is 1. The number of halogens is 3. The van der Waals surface area contributed by atoms with E-state index in [0.717, 1.165) is 27.1 Å².